The Bertz CT molecular complexity index is 509. The Hall–Kier alpha value is -1.95. The second-order valence-electron chi connectivity index (χ2n) is 3.83. The van der Waals surface area contributed by atoms with Gasteiger partial charge in [0.25, 0.3) is 0 Å². The van der Waals surface area contributed by atoms with Gasteiger partial charge in [0.1, 0.15) is 5.82 Å². The van der Waals surface area contributed by atoms with Gasteiger partial charge in [0.05, 0.1) is 11.8 Å². The molecule has 2 aromatic heterocycles. The number of anilines is 1. The predicted molar refractivity (Wildman–Crippen MR) is 66.2 cm³/mol. The van der Waals surface area contributed by atoms with Crippen LogP contribution in [0.15, 0.2) is 12.3 Å². The Morgan fingerprint density at radius 1 is 1.41 bits per heavy atom. The maximum atomic E-state index is 5.40. The Morgan fingerprint density at radius 2 is 2.18 bits per heavy atom. The zero-order chi connectivity index (χ0) is 12.4. The highest BCUT2D eigenvalue weighted by Crippen LogP contribution is 2.20. The quantitative estimate of drug-likeness (QED) is 0.610. The van der Waals surface area contributed by atoms with Gasteiger partial charge in [0, 0.05) is 24.5 Å². The largest absolute Gasteiger partial charge is 0.308 e. The van der Waals surface area contributed by atoms with Crippen molar-refractivity contribution in [3.63, 3.8) is 0 Å². The average molecular weight is 232 g/mol. The summed E-state index contributed by atoms with van der Waals surface area (Å²) >= 11 is 0. The number of nitrogens with zero attached hydrogens (tertiary/aromatic N) is 4. The van der Waals surface area contributed by atoms with Gasteiger partial charge in [-0.2, -0.15) is 5.10 Å². The van der Waals surface area contributed by atoms with Crippen molar-refractivity contribution < 1.29 is 0 Å². The van der Waals surface area contributed by atoms with Crippen molar-refractivity contribution in [2.45, 2.75) is 20.3 Å². The fourth-order valence-corrected chi connectivity index (χ4v) is 1.59. The SMILES string of the molecule is CCc1cc(NN)nc(-c2cnn(C)c2C)n1. The molecule has 6 heteroatoms. The van der Waals surface area contributed by atoms with Crippen LogP contribution in [0.25, 0.3) is 11.4 Å². The lowest BCUT2D eigenvalue weighted by molar-refractivity contribution is 0.740. The molecule has 0 unspecified atom stereocenters. The van der Waals surface area contributed by atoms with Gasteiger partial charge in [0.15, 0.2) is 5.82 Å². The molecule has 3 N–H and O–H groups in total. The molecule has 0 bridgehead atoms. The van der Waals surface area contributed by atoms with E-state index < -0.39 is 0 Å². The molecule has 17 heavy (non-hydrogen) atoms. The summed E-state index contributed by atoms with van der Waals surface area (Å²) in [6.45, 7) is 4.03. The van der Waals surface area contributed by atoms with Crippen molar-refractivity contribution in [3.05, 3.63) is 23.7 Å². The topological polar surface area (TPSA) is 81.6 Å². The first-order chi connectivity index (χ1) is 8.15. The van der Waals surface area contributed by atoms with Gasteiger partial charge in [-0.15, -0.1) is 0 Å². The summed E-state index contributed by atoms with van der Waals surface area (Å²) in [5.74, 6) is 6.68. The minimum atomic E-state index is 0.620. The first-order valence-corrected chi connectivity index (χ1v) is 5.49. The molecule has 0 aliphatic carbocycles. The van der Waals surface area contributed by atoms with Gasteiger partial charge in [0.2, 0.25) is 0 Å². The van der Waals surface area contributed by atoms with Crippen LogP contribution in [0.4, 0.5) is 5.82 Å². The number of hydrogen-bond acceptors (Lipinski definition) is 5. The summed E-state index contributed by atoms with van der Waals surface area (Å²) in [5.41, 5.74) is 5.47. The van der Waals surface area contributed by atoms with E-state index in [1.54, 1.807) is 10.9 Å². The summed E-state index contributed by atoms with van der Waals surface area (Å²) in [5, 5.41) is 4.19. The number of hydrogen-bond donors (Lipinski definition) is 2. The van der Waals surface area contributed by atoms with Crippen molar-refractivity contribution >= 4 is 5.82 Å². The van der Waals surface area contributed by atoms with E-state index >= 15 is 0 Å². The lowest BCUT2D eigenvalue weighted by Crippen LogP contribution is -2.10. The predicted octanol–water partition coefficient (Wildman–Crippen LogP) is 1.03. The van der Waals surface area contributed by atoms with Crippen molar-refractivity contribution in [2.24, 2.45) is 12.9 Å². The average Bonchev–Trinajstić information content (AvgIpc) is 2.69. The Morgan fingerprint density at radius 3 is 2.71 bits per heavy atom. The van der Waals surface area contributed by atoms with Crippen molar-refractivity contribution in [1.29, 1.82) is 0 Å². The van der Waals surface area contributed by atoms with Gasteiger partial charge in [-0.25, -0.2) is 15.8 Å². The molecule has 0 spiro atoms. The number of aromatic nitrogens is 4. The van der Waals surface area contributed by atoms with Gasteiger partial charge in [-0.3, -0.25) is 4.68 Å². The molecule has 0 saturated carbocycles. The summed E-state index contributed by atoms with van der Waals surface area (Å²) in [6.07, 6.45) is 2.61. The molecular formula is C11H16N6. The van der Waals surface area contributed by atoms with Crippen LogP contribution in [0.1, 0.15) is 18.3 Å². The van der Waals surface area contributed by atoms with E-state index in [1.165, 1.54) is 0 Å². The zero-order valence-electron chi connectivity index (χ0n) is 10.2. The molecule has 0 aliphatic heterocycles. The Balaban J connectivity index is 2.54. The van der Waals surface area contributed by atoms with Gasteiger partial charge in [-0.1, -0.05) is 6.92 Å². The molecule has 0 aromatic carbocycles. The lowest BCUT2D eigenvalue weighted by Gasteiger charge is -2.06. The fourth-order valence-electron chi connectivity index (χ4n) is 1.59. The molecule has 0 aliphatic rings. The second kappa shape index (κ2) is 4.50. The summed E-state index contributed by atoms with van der Waals surface area (Å²) in [7, 11) is 1.89. The van der Waals surface area contributed by atoms with E-state index in [2.05, 4.69) is 20.5 Å². The standard InChI is InChI=1S/C11H16N6/c1-4-8-5-10(16-12)15-11(14-8)9-6-13-17(3)7(9)2/h5-6H,4,12H2,1-3H3,(H,14,15,16). The van der Waals surface area contributed by atoms with Gasteiger partial charge in [-0.05, 0) is 13.3 Å². The Kier molecular flexibility index (Phi) is 3.06. The smallest absolute Gasteiger partial charge is 0.165 e. The summed E-state index contributed by atoms with van der Waals surface area (Å²) < 4.78 is 1.80. The number of aryl methyl sites for hydroxylation is 2. The molecule has 6 nitrogen and oxygen atoms in total. The molecule has 2 heterocycles. The minimum absolute atomic E-state index is 0.620. The molecule has 2 aromatic rings. The molecule has 0 amide bonds. The number of nitrogens with one attached hydrogen (secondary N) is 1. The molecule has 0 atom stereocenters. The first-order valence-electron chi connectivity index (χ1n) is 5.49. The first kappa shape index (κ1) is 11.5. The Labute approximate surface area is 99.9 Å². The monoisotopic (exact) mass is 232 g/mol. The van der Waals surface area contributed by atoms with Crippen LogP contribution in [0.5, 0.6) is 0 Å². The van der Waals surface area contributed by atoms with Crippen LogP contribution in [-0.2, 0) is 13.5 Å². The van der Waals surface area contributed by atoms with E-state index in [4.69, 9.17) is 5.84 Å². The highest BCUT2D eigenvalue weighted by molar-refractivity contribution is 5.59. The van der Waals surface area contributed by atoms with Crippen molar-refractivity contribution in [3.8, 4) is 11.4 Å². The molecule has 0 fully saturated rings. The number of hydrazine groups is 1. The van der Waals surface area contributed by atoms with Crippen LogP contribution in [0.2, 0.25) is 0 Å². The summed E-state index contributed by atoms with van der Waals surface area (Å²) in [4.78, 5) is 8.83. The van der Waals surface area contributed by atoms with E-state index in [9.17, 15) is 0 Å². The van der Waals surface area contributed by atoms with E-state index in [0.29, 0.717) is 11.6 Å². The van der Waals surface area contributed by atoms with Crippen LogP contribution in [0.3, 0.4) is 0 Å². The number of rotatable bonds is 3. The fraction of sp³-hybridized carbons (Fsp3) is 0.364. The highest BCUT2D eigenvalue weighted by atomic mass is 15.3. The number of nitrogens with two attached hydrogens (primary N) is 1. The maximum Gasteiger partial charge on any atom is 0.165 e. The van der Waals surface area contributed by atoms with Crippen LogP contribution < -0.4 is 11.3 Å². The maximum absolute atomic E-state index is 5.40. The lowest BCUT2D eigenvalue weighted by atomic mass is 10.2. The van der Waals surface area contributed by atoms with E-state index in [0.717, 1.165) is 23.4 Å². The third kappa shape index (κ3) is 2.12. The molecule has 2 rings (SSSR count). The second-order valence-corrected chi connectivity index (χ2v) is 3.83. The molecule has 0 saturated heterocycles. The molecular weight excluding hydrogens is 216 g/mol. The minimum Gasteiger partial charge on any atom is -0.308 e. The zero-order valence-corrected chi connectivity index (χ0v) is 10.2. The van der Waals surface area contributed by atoms with E-state index in [1.807, 2.05) is 27.0 Å². The van der Waals surface area contributed by atoms with Crippen LogP contribution in [-0.4, -0.2) is 19.7 Å². The van der Waals surface area contributed by atoms with Crippen LogP contribution in [0, 0.1) is 6.92 Å². The molecule has 0 radical (unpaired) electrons. The summed E-state index contributed by atoms with van der Waals surface area (Å²) in [6, 6.07) is 1.84. The van der Waals surface area contributed by atoms with Crippen molar-refractivity contribution in [1.82, 2.24) is 19.7 Å². The molecule has 90 valence electrons. The number of nitrogen functional groups attached to an aromatic ring is 1. The van der Waals surface area contributed by atoms with Gasteiger partial charge >= 0.3 is 0 Å². The van der Waals surface area contributed by atoms with Crippen LogP contribution >= 0.6 is 0 Å². The highest BCUT2D eigenvalue weighted by Gasteiger charge is 2.11. The van der Waals surface area contributed by atoms with Crippen molar-refractivity contribution in [2.75, 3.05) is 5.43 Å². The third-order valence-corrected chi connectivity index (χ3v) is 2.77. The van der Waals surface area contributed by atoms with Gasteiger partial charge < -0.3 is 5.43 Å². The van der Waals surface area contributed by atoms with E-state index in [-0.39, 0.29) is 0 Å². The normalized spacial score (nSPS) is 10.6. The third-order valence-electron chi connectivity index (χ3n) is 2.77.